The first-order valence-corrected chi connectivity index (χ1v) is 8.37. The van der Waals surface area contributed by atoms with Crippen molar-refractivity contribution in [3.63, 3.8) is 0 Å². The minimum Gasteiger partial charge on any atom is -0.339 e. The topological polar surface area (TPSA) is 49.4 Å². The van der Waals surface area contributed by atoms with Gasteiger partial charge in [0.05, 0.1) is 10.6 Å². The van der Waals surface area contributed by atoms with Crippen LogP contribution in [0.25, 0.3) is 0 Å². The molecule has 2 aromatic rings. The Hall–Kier alpha value is -2.04. The third-order valence-corrected chi connectivity index (χ3v) is 4.18. The molecule has 0 saturated heterocycles. The van der Waals surface area contributed by atoms with E-state index in [9.17, 15) is 9.59 Å². The van der Waals surface area contributed by atoms with Crippen LogP contribution in [-0.2, 0) is 0 Å². The second-order valence-corrected chi connectivity index (χ2v) is 5.98. The maximum Gasteiger partial charge on any atom is 0.255 e. The summed E-state index contributed by atoms with van der Waals surface area (Å²) in [6.45, 7) is 5.05. The predicted molar refractivity (Wildman–Crippen MR) is 98.1 cm³/mol. The van der Waals surface area contributed by atoms with Crippen LogP contribution in [0.4, 0.5) is 5.69 Å². The maximum atomic E-state index is 12.4. The molecule has 2 amide bonds. The number of hydrogen-bond acceptors (Lipinski definition) is 2. The van der Waals surface area contributed by atoms with Crippen LogP contribution in [0.15, 0.2) is 42.5 Å². The second kappa shape index (κ2) is 8.18. The maximum absolute atomic E-state index is 12.4. The highest BCUT2D eigenvalue weighted by Gasteiger charge is 2.16. The Balaban J connectivity index is 2.16. The number of nitrogens with one attached hydrogen (secondary N) is 1. The number of rotatable bonds is 5. The third-order valence-electron chi connectivity index (χ3n) is 3.61. The van der Waals surface area contributed by atoms with E-state index in [-0.39, 0.29) is 11.8 Å². The Bertz CT molecular complexity index is 741. The Morgan fingerprint density at radius 2 is 1.62 bits per heavy atom. The van der Waals surface area contributed by atoms with Gasteiger partial charge in [0.25, 0.3) is 11.8 Å². The fraction of sp³-hybridized carbons (Fsp3) is 0.222. The lowest BCUT2D eigenvalue weighted by molar-refractivity contribution is 0.0773. The van der Waals surface area contributed by atoms with E-state index in [0.717, 1.165) is 0 Å². The van der Waals surface area contributed by atoms with Crippen LogP contribution in [0, 0.1) is 0 Å². The average Bonchev–Trinajstić information content (AvgIpc) is 2.56. The number of amides is 2. The minimum atomic E-state index is -0.273. The van der Waals surface area contributed by atoms with Gasteiger partial charge in [-0.25, -0.2) is 0 Å². The monoisotopic (exact) mass is 364 g/mol. The molecular weight excluding hydrogens is 347 g/mol. The summed E-state index contributed by atoms with van der Waals surface area (Å²) < 4.78 is 0. The number of halogens is 2. The molecule has 0 saturated carbocycles. The summed E-state index contributed by atoms with van der Waals surface area (Å²) in [6, 6.07) is 11.4. The number of nitrogens with zero attached hydrogens (tertiary/aromatic N) is 1. The van der Waals surface area contributed by atoms with Gasteiger partial charge in [-0.05, 0) is 56.3 Å². The zero-order valence-electron chi connectivity index (χ0n) is 13.5. The first-order valence-electron chi connectivity index (χ1n) is 7.62. The van der Waals surface area contributed by atoms with Crippen LogP contribution in [0.2, 0.25) is 10.0 Å². The fourth-order valence-corrected chi connectivity index (χ4v) is 2.64. The number of carbonyl (C=O) groups excluding carboxylic acids is 2. The van der Waals surface area contributed by atoms with Gasteiger partial charge in [0.1, 0.15) is 0 Å². The number of anilines is 1. The third kappa shape index (κ3) is 4.28. The molecule has 0 bridgehead atoms. The lowest BCUT2D eigenvalue weighted by atomic mass is 10.1. The first kappa shape index (κ1) is 18.3. The summed E-state index contributed by atoms with van der Waals surface area (Å²) in [5.41, 5.74) is 1.43. The van der Waals surface area contributed by atoms with Crippen molar-refractivity contribution in [1.82, 2.24) is 4.90 Å². The highest BCUT2D eigenvalue weighted by molar-refractivity contribution is 6.34. The Morgan fingerprint density at radius 3 is 2.17 bits per heavy atom. The molecule has 4 nitrogen and oxygen atoms in total. The van der Waals surface area contributed by atoms with Crippen molar-refractivity contribution >= 4 is 40.7 Å². The van der Waals surface area contributed by atoms with Gasteiger partial charge in [0.15, 0.2) is 0 Å². The molecule has 2 rings (SSSR count). The van der Waals surface area contributed by atoms with Gasteiger partial charge in [-0.2, -0.15) is 0 Å². The van der Waals surface area contributed by atoms with Crippen molar-refractivity contribution in [3.8, 4) is 0 Å². The molecule has 0 unspecified atom stereocenters. The Kier molecular flexibility index (Phi) is 6.23. The molecule has 0 aliphatic heterocycles. The van der Waals surface area contributed by atoms with Gasteiger partial charge in [0.2, 0.25) is 0 Å². The van der Waals surface area contributed by atoms with Crippen molar-refractivity contribution in [3.05, 3.63) is 63.6 Å². The smallest absolute Gasteiger partial charge is 0.255 e. The Morgan fingerprint density at radius 1 is 1.00 bits per heavy atom. The highest BCUT2D eigenvalue weighted by Crippen LogP contribution is 2.23. The standard InChI is InChI=1S/C18H18Cl2N2O2/c1-3-22(4-2)18(24)15-10-9-14(11-16(15)20)21-17(23)12-5-7-13(19)8-6-12/h5-11H,3-4H2,1-2H3,(H,21,23). The molecule has 24 heavy (non-hydrogen) atoms. The van der Waals surface area contributed by atoms with E-state index in [1.54, 1.807) is 47.4 Å². The van der Waals surface area contributed by atoms with Crippen molar-refractivity contribution < 1.29 is 9.59 Å². The summed E-state index contributed by atoms with van der Waals surface area (Å²) in [5, 5.41) is 3.62. The number of carbonyl (C=O) groups is 2. The first-order chi connectivity index (χ1) is 11.5. The molecule has 126 valence electrons. The minimum absolute atomic E-state index is 0.124. The van der Waals surface area contributed by atoms with Crippen LogP contribution in [0.1, 0.15) is 34.6 Å². The van der Waals surface area contributed by atoms with Gasteiger partial charge < -0.3 is 10.2 Å². The van der Waals surface area contributed by atoms with E-state index in [0.29, 0.717) is 39.9 Å². The van der Waals surface area contributed by atoms with Crippen molar-refractivity contribution in [2.24, 2.45) is 0 Å². The molecule has 6 heteroatoms. The molecule has 1 N–H and O–H groups in total. The fourth-order valence-electron chi connectivity index (χ4n) is 2.25. The van der Waals surface area contributed by atoms with Crippen LogP contribution in [0.3, 0.4) is 0 Å². The van der Waals surface area contributed by atoms with Gasteiger partial charge in [0, 0.05) is 29.4 Å². The van der Waals surface area contributed by atoms with Gasteiger partial charge in [-0.1, -0.05) is 23.2 Å². The molecule has 0 fully saturated rings. The quantitative estimate of drug-likeness (QED) is 0.833. The lowest BCUT2D eigenvalue weighted by Gasteiger charge is -2.19. The predicted octanol–water partition coefficient (Wildman–Crippen LogP) is 4.73. The normalized spacial score (nSPS) is 10.3. The Labute approximate surface area is 151 Å². The van der Waals surface area contributed by atoms with Gasteiger partial charge >= 0.3 is 0 Å². The van der Waals surface area contributed by atoms with E-state index in [4.69, 9.17) is 23.2 Å². The summed E-state index contributed by atoms with van der Waals surface area (Å²) in [6.07, 6.45) is 0. The zero-order chi connectivity index (χ0) is 17.7. The van der Waals surface area contributed by atoms with Gasteiger partial charge in [-0.15, -0.1) is 0 Å². The summed E-state index contributed by atoms with van der Waals surface area (Å²) in [7, 11) is 0. The molecule has 0 atom stereocenters. The van der Waals surface area contributed by atoms with E-state index in [1.807, 2.05) is 13.8 Å². The van der Waals surface area contributed by atoms with E-state index < -0.39 is 0 Å². The van der Waals surface area contributed by atoms with E-state index in [1.165, 1.54) is 0 Å². The molecule has 0 aliphatic carbocycles. The molecule has 0 heterocycles. The van der Waals surface area contributed by atoms with Crippen LogP contribution >= 0.6 is 23.2 Å². The van der Waals surface area contributed by atoms with E-state index >= 15 is 0 Å². The summed E-state index contributed by atoms with van der Waals surface area (Å²) in [4.78, 5) is 26.2. The molecule has 0 spiro atoms. The SMILES string of the molecule is CCN(CC)C(=O)c1ccc(NC(=O)c2ccc(Cl)cc2)cc1Cl. The van der Waals surface area contributed by atoms with Gasteiger partial charge in [-0.3, -0.25) is 9.59 Å². The second-order valence-electron chi connectivity index (χ2n) is 5.13. The largest absolute Gasteiger partial charge is 0.339 e. The number of benzene rings is 2. The highest BCUT2D eigenvalue weighted by atomic mass is 35.5. The molecule has 2 aromatic carbocycles. The van der Waals surface area contributed by atoms with Crippen molar-refractivity contribution in [2.75, 3.05) is 18.4 Å². The van der Waals surface area contributed by atoms with Crippen LogP contribution < -0.4 is 5.32 Å². The van der Waals surface area contributed by atoms with Crippen molar-refractivity contribution in [1.29, 1.82) is 0 Å². The van der Waals surface area contributed by atoms with Crippen LogP contribution in [0.5, 0.6) is 0 Å². The molecule has 0 aromatic heterocycles. The molecular formula is C18H18Cl2N2O2. The van der Waals surface area contributed by atoms with Crippen molar-refractivity contribution in [2.45, 2.75) is 13.8 Å². The number of hydrogen-bond donors (Lipinski definition) is 1. The van der Waals surface area contributed by atoms with Crippen LogP contribution in [-0.4, -0.2) is 29.8 Å². The van der Waals surface area contributed by atoms with E-state index in [2.05, 4.69) is 5.32 Å². The summed E-state index contributed by atoms with van der Waals surface area (Å²) in [5.74, 6) is -0.397. The zero-order valence-corrected chi connectivity index (χ0v) is 15.0. The average molecular weight is 365 g/mol. The lowest BCUT2D eigenvalue weighted by Crippen LogP contribution is -2.30. The molecule has 0 aliphatic rings. The summed E-state index contributed by atoms with van der Waals surface area (Å²) >= 11 is 12.0. The molecule has 0 radical (unpaired) electrons.